The molecule has 0 unspecified atom stereocenters. The molecule has 0 aliphatic rings. The van der Waals surface area contributed by atoms with E-state index in [0.29, 0.717) is 27.1 Å². The number of thiazole rings is 2. The molecular formula is C36H28ClFN6O6S4. The van der Waals surface area contributed by atoms with Crippen LogP contribution >= 0.6 is 34.3 Å². The van der Waals surface area contributed by atoms with E-state index >= 15 is 0 Å². The van der Waals surface area contributed by atoms with Crippen molar-refractivity contribution in [3.05, 3.63) is 154 Å². The highest BCUT2D eigenvalue weighted by atomic mass is 35.5. The van der Waals surface area contributed by atoms with Gasteiger partial charge >= 0.3 is 0 Å². The van der Waals surface area contributed by atoms with Gasteiger partial charge in [0.25, 0.3) is 20.0 Å². The Morgan fingerprint density at radius 2 is 1.09 bits per heavy atom. The van der Waals surface area contributed by atoms with Crippen LogP contribution in [0.1, 0.15) is 11.1 Å². The second-order valence-corrected chi connectivity index (χ2v) is 16.3. The molecule has 54 heavy (non-hydrogen) atoms. The van der Waals surface area contributed by atoms with Crippen LogP contribution < -0.4 is 20.1 Å². The third-order valence-corrected chi connectivity index (χ3v) is 11.3. The van der Waals surface area contributed by atoms with Crippen LogP contribution in [0.15, 0.2) is 142 Å². The number of hydrogen-bond acceptors (Lipinski definition) is 10. The summed E-state index contributed by atoms with van der Waals surface area (Å²) in [7, 11) is -7.46. The molecule has 6 rings (SSSR count). The van der Waals surface area contributed by atoms with Gasteiger partial charge in [-0.3, -0.25) is 19.0 Å². The summed E-state index contributed by atoms with van der Waals surface area (Å²) in [6, 6.07) is 24.4. The van der Waals surface area contributed by atoms with Crippen molar-refractivity contribution in [1.29, 1.82) is 0 Å². The van der Waals surface area contributed by atoms with Gasteiger partial charge in [0.2, 0.25) is 11.8 Å². The van der Waals surface area contributed by atoms with Gasteiger partial charge in [0, 0.05) is 51.7 Å². The van der Waals surface area contributed by atoms with Gasteiger partial charge in [0.1, 0.15) is 5.82 Å². The lowest BCUT2D eigenvalue weighted by molar-refractivity contribution is -0.112. The van der Waals surface area contributed by atoms with E-state index in [1.165, 1.54) is 108 Å². The number of nitrogens with zero attached hydrogens (tertiary/aromatic N) is 2. The van der Waals surface area contributed by atoms with E-state index in [4.69, 9.17) is 11.6 Å². The van der Waals surface area contributed by atoms with Crippen LogP contribution in [0.3, 0.4) is 0 Å². The van der Waals surface area contributed by atoms with Crippen molar-refractivity contribution < 1.29 is 30.8 Å². The molecular weight excluding hydrogens is 795 g/mol. The molecule has 0 bridgehead atoms. The zero-order chi connectivity index (χ0) is 38.6. The van der Waals surface area contributed by atoms with Crippen LogP contribution in [0.4, 0.5) is 26.0 Å². The van der Waals surface area contributed by atoms with Gasteiger partial charge in [0.15, 0.2) is 10.3 Å². The zero-order valence-corrected chi connectivity index (χ0v) is 31.6. The molecule has 0 saturated carbocycles. The Labute approximate surface area is 323 Å². The van der Waals surface area contributed by atoms with Gasteiger partial charge in [0.05, 0.1) is 9.79 Å². The van der Waals surface area contributed by atoms with Crippen LogP contribution in [0.2, 0.25) is 5.02 Å². The Hall–Kier alpha value is -5.72. The molecule has 0 radical (unpaired) electrons. The average molecular weight is 823 g/mol. The molecule has 0 saturated heterocycles. The van der Waals surface area contributed by atoms with E-state index < -0.39 is 26.0 Å². The topological polar surface area (TPSA) is 176 Å². The second kappa shape index (κ2) is 18.4. The van der Waals surface area contributed by atoms with E-state index in [-0.39, 0.29) is 26.6 Å². The Morgan fingerprint density at radius 3 is 1.52 bits per heavy atom. The van der Waals surface area contributed by atoms with Crippen molar-refractivity contribution in [3.63, 3.8) is 0 Å². The van der Waals surface area contributed by atoms with Crippen LogP contribution in [-0.4, -0.2) is 38.6 Å². The number of hydrogen-bond donors (Lipinski definition) is 4. The summed E-state index contributed by atoms with van der Waals surface area (Å²) in [5.41, 5.74) is 2.40. The van der Waals surface area contributed by atoms with E-state index in [1.54, 1.807) is 53.2 Å². The first-order valence-corrected chi connectivity index (χ1v) is 20.5. The van der Waals surface area contributed by atoms with Gasteiger partial charge in [-0.05, 0) is 96.1 Å². The normalized spacial score (nSPS) is 11.4. The quantitative estimate of drug-likeness (QED) is 0.0899. The maximum absolute atomic E-state index is 12.8. The molecule has 2 amide bonds. The fourth-order valence-corrected chi connectivity index (χ4v) is 8.00. The fraction of sp³-hybridized carbons (Fsp3) is 0. The lowest BCUT2D eigenvalue weighted by Crippen LogP contribution is -2.13. The number of anilines is 4. The van der Waals surface area contributed by atoms with Crippen molar-refractivity contribution in [1.82, 2.24) is 9.97 Å². The van der Waals surface area contributed by atoms with Crippen molar-refractivity contribution in [3.8, 4) is 0 Å². The van der Waals surface area contributed by atoms with Crippen molar-refractivity contribution in [2.45, 2.75) is 9.79 Å². The standard InChI is InChI=1S/C18H14ClN3O3S2.C18H14FN3O3S2/c19-14-3-1-2-13(12-14)4-9-17(23)21-15-5-7-16(8-6-15)27(24,25)22-18-20-10-11-26-18;19-14-4-1-13(2-5-14)3-10-17(23)21-15-6-8-16(9-7-15)27(24,25)22-18-20-11-12-26-18/h2*1-12H,(H,20,22)(H,21,23)/b9-4+;10-3+. The Morgan fingerprint density at radius 1 is 0.630 bits per heavy atom. The second-order valence-electron chi connectivity index (χ2n) is 10.7. The minimum Gasteiger partial charge on any atom is -0.323 e. The SMILES string of the molecule is O=C(/C=C/c1ccc(F)cc1)Nc1ccc(S(=O)(=O)Nc2nccs2)cc1.O=C(/C=C/c1cccc(Cl)c1)Nc1ccc(S(=O)(=O)Nc2nccs2)cc1. The monoisotopic (exact) mass is 822 g/mol. The summed E-state index contributed by atoms with van der Waals surface area (Å²) in [5.74, 6) is -1.08. The average Bonchev–Trinajstić information content (AvgIpc) is 3.86. The number of carbonyl (C=O) groups is 2. The fourth-order valence-electron chi connectivity index (χ4n) is 4.23. The van der Waals surface area contributed by atoms with E-state index in [9.17, 15) is 30.8 Å². The number of halogens is 2. The predicted octanol–water partition coefficient (Wildman–Crippen LogP) is 7.98. The number of carbonyl (C=O) groups excluding carboxylic acids is 2. The minimum absolute atomic E-state index is 0.0533. The molecule has 4 N–H and O–H groups in total. The summed E-state index contributed by atoms with van der Waals surface area (Å²) in [5, 5.41) is 9.78. The molecule has 0 aliphatic carbocycles. The van der Waals surface area contributed by atoms with Crippen LogP contribution in [0, 0.1) is 5.82 Å². The largest absolute Gasteiger partial charge is 0.323 e. The van der Waals surface area contributed by atoms with Gasteiger partial charge < -0.3 is 10.6 Å². The Balaban J connectivity index is 0.000000208. The van der Waals surface area contributed by atoms with Crippen molar-refractivity contribution in [2.75, 3.05) is 20.1 Å². The van der Waals surface area contributed by atoms with Crippen molar-refractivity contribution >= 4 is 99.9 Å². The molecule has 0 aliphatic heterocycles. The maximum atomic E-state index is 12.8. The lowest BCUT2D eigenvalue weighted by atomic mass is 10.2. The molecule has 2 aromatic heterocycles. The summed E-state index contributed by atoms with van der Waals surface area (Å²) in [4.78, 5) is 31.8. The van der Waals surface area contributed by atoms with Crippen molar-refractivity contribution in [2.24, 2.45) is 0 Å². The maximum Gasteiger partial charge on any atom is 0.263 e. The number of rotatable bonds is 12. The molecule has 18 heteroatoms. The third kappa shape index (κ3) is 12.2. The minimum atomic E-state index is -3.74. The third-order valence-electron chi connectivity index (χ3n) is 6.75. The Bertz CT molecular complexity index is 2460. The first-order chi connectivity index (χ1) is 25.8. The molecule has 0 atom stereocenters. The van der Waals surface area contributed by atoms with E-state index in [2.05, 4.69) is 30.0 Å². The lowest BCUT2D eigenvalue weighted by Gasteiger charge is -2.07. The molecule has 0 spiro atoms. The first kappa shape index (κ1) is 39.5. The van der Waals surface area contributed by atoms with E-state index in [0.717, 1.165) is 5.56 Å². The van der Waals surface area contributed by atoms with E-state index in [1.807, 2.05) is 6.07 Å². The number of benzene rings is 4. The molecule has 276 valence electrons. The predicted molar refractivity (Wildman–Crippen MR) is 212 cm³/mol. The highest BCUT2D eigenvalue weighted by Crippen LogP contribution is 2.21. The molecule has 0 fully saturated rings. The summed E-state index contributed by atoms with van der Waals surface area (Å²) >= 11 is 8.25. The summed E-state index contributed by atoms with van der Waals surface area (Å²) in [6.45, 7) is 0. The summed E-state index contributed by atoms with van der Waals surface area (Å²) in [6.07, 6.45) is 8.88. The van der Waals surface area contributed by atoms with Gasteiger partial charge in [-0.15, -0.1) is 22.7 Å². The Kier molecular flexibility index (Phi) is 13.4. The van der Waals surface area contributed by atoms with Gasteiger partial charge in [-0.1, -0.05) is 35.9 Å². The molecule has 4 aromatic carbocycles. The highest BCUT2D eigenvalue weighted by molar-refractivity contribution is 7.93. The molecule has 12 nitrogen and oxygen atoms in total. The number of aromatic nitrogens is 2. The van der Waals surface area contributed by atoms with Crippen LogP contribution in [0.25, 0.3) is 12.2 Å². The van der Waals surface area contributed by atoms with Gasteiger partial charge in [-0.25, -0.2) is 31.2 Å². The number of sulfonamides is 2. The molecule has 2 heterocycles. The zero-order valence-electron chi connectivity index (χ0n) is 27.6. The first-order valence-electron chi connectivity index (χ1n) is 15.4. The highest BCUT2D eigenvalue weighted by Gasteiger charge is 2.16. The number of nitrogens with one attached hydrogen (secondary N) is 4. The smallest absolute Gasteiger partial charge is 0.263 e. The van der Waals surface area contributed by atoms with Gasteiger partial charge in [-0.2, -0.15) is 0 Å². The van der Waals surface area contributed by atoms with Crippen LogP contribution in [-0.2, 0) is 29.6 Å². The summed E-state index contributed by atoms with van der Waals surface area (Å²) < 4.78 is 66.6. The molecule has 6 aromatic rings. The number of amides is 2. The van der Waals surface area contributed by atoms with Crippen LogP contribution in [0.5, 0.6) is 0 Å².